The van der Waals surface area contributed by atoms with Gasteiger partial charge in [-0.1, -0.05) is 37.6 Å². The molecule has 0 aromatic rings. The smallest absolute Gasteiger partial charge is 0.129 e. The van der Waals surface area contributed by atoms with E-state index in [-0.39, 0.29) is 5.60 Å². The van der Waals surface area contributed by atoms with Gasteiger partial charge in [0.05, 0.1) is 12.7 Å². The van der Waals surface area contributed by atoms with Crippen molar-refractivity contribution in [1.29, 1.82) is 0 Å². The van der Waals surface area contributed by atoms with Crippen molar-refractivity contribution in [2.24, 2.45) is 11.8 Å². The van der Waals surface area contributed by atoms with Crippen LogP contribution in [0.2, 0.25) is 0 Å². The summed E-state index contributed by atoms with van der Waals surface area (Å²) in [5.74, 6) is 2.03. The molecule has 2 nitrogen and oxygen atoms in total. The molecule has 0 saturated heterocycles. The van der Waals surface area contributed by atoms with Crippen LogP contribution in [0.5, 0.6) is 0 Å². The summed E-state index contributed by atoms with van der Waals surface area (Å²) in [7, 11) is 3.67. The van der Waals surface area contributed by atoms with Gasteiger partial charge in [0.25, 0.3) is 0 Å². The van der Waals surface area contributed by atoms with E-state index >= 15 is 0 Å². The zero-order valence-electron chi connectivity index (χ0n) is 14.5. The molecule has 0 N–H and O–H groups in total. The van der Waals surface area contributed by atoms with Crippen LogP contribution in [0, 0.1) is 11.8 Å². The van der Waals surface area contributed by atoms with Gasteiger partial charge in [-0.05, 0) is 44.1 Å². The number of allylic oxidation sites excluding steroid dienone is 4. The summed E-state index contributed by atoms with van der Waals surface area (Å²) >= 11 is 0. The summed E-state index contributed by atoms with van der Waals surface area (Å²) in [4.78, 5) is 0. The zero-order chi connectivity index (χ0) is 15.9. The summed E-state index contributed by atoms with van der Waals surface area (Å²) in [6.07, 6.45) is 11.3. The molecule has 0 aliphatic heterocycles. The second-order valence-corrected chi connectivity index (χ2v) is 6.95. The highest BCUT2D eigenvalue weighted by molar-refractivity contribution is 5.57. The summed E-state index contributed by atoms with van der Waals surface area (Å²) in [5, 5.41) is 0. The highest BCUT2D eigenvalue weighted by atomic mass is 16.5. The van der Waals surface area contributed by atoms with E-state index < -0.39 is 0 Å². The van der Waals surface area contributed by atoms with Gasteiger partial charge in [-0.3, -0.25) is 0 Å². The topological polar surface area (TPSA) is 18.5 Å². The summed E-state index contributed by atoms with van der Waals surface area (Å²) < 4.78 is 12.0. The largest absolute Gasteiger partial charge is 0.496 e. The number of hydrogen-bond acceptors (Lipinski definition) is 2. The van der Waals surface area contributed by atoms with Crippen LogP contribution in [0.25, 0.3) is 0 Å². The van der Waals surface area contributed by atoms with Crippen molar-refractivity contribution in [3.05, 3.63) is 46.3 Å². The van der Waals surface area contributed by atoms with E-state index in [9.17, 15) is 0 Å². The monoisotopic (exact) mass is 300 g/mol. The normalized spacial score (nSPS) is 34.3. The molecule has 0 saturated carbocycles. The van der Waals surface area contributed by atoms with Crippen LogP contribution < -0.4 is 0 Å². The Bertz CT molecular complexity index is 591. The van der Waals surface area contributed by atoms with Gasteiger partial charge in [-0.2, -0.15) is 0 Å². The summed E-state index contributed by atoms with van der Waals surface area (Å²) in [5.41, 5.74) is 5.32. The third-order valence-electron chi connectivity index (χ3n) is 5.80. The number of rotatable bonds is 3. The first kappa shape index (κ1) is 15.6. The zero-order valence-corrected chi connectivity index (χ0v) is 14.5. The summed E-state index contributed by atoms with van der Waals surface area (Å²) in [6, 6.07) is 0. The fourth-order valence-corrected chi connectivity index (χ4v) is 4.71. The Morgan fingerprint density at radius 2 is 2.09 bits per heavy atom. The maximum atomic E-state index is 6.14. The first-order chi connectivity index (χ1) is 10.6. The molecule has 3 aliphatic carbocycles. The molecule has 0 amide bonds. The van der Waals surface area contributed by atoms with Crippen molar-refractivity contribution >= 4 is 0 Å². The molecule has 3 atom stereocenters. The SMILES string of the molecule is CCC1=CC2=C(OC)C3=C(CCC=C3)C(C)(OC)C2C(C)C1. The van der Waals surface area contributed by atoms with E-state index in [1.807, 2.05) is 7.11 Å². The lowest BCUT2D eigenvalue weighted by molar-refractivity contribution is -0.0257. The van der Waals surface area contributed by atoms with Gasteiger partial charge in [0.2, 0.25) is 0 Å². The van der Waals surface area contributed by atoms with Crippen LogP contribution in [0.15, 0.2) is 46.3 Å². The minimum Gasteiger partial charge on any atom is -0.496 e. The van der Waals surface area contributed by atoms with Gasteiger partial charge in [0, 0.05) is 24.2 Å². The molecule has 0 fully saturated rings. The Kier molecular flexibility index (Phi) is 4.07. The Labute approximate surface area is 134 Å². The Morgan fingerprint density at radius 1 is 1.32 bits per heavy atom. The molecule has 2 heteroatoms. The molecule has 120 valence electrons. The first-order valence-corrected chi connectivity index (χ1v) is 8.50. The van der Waals surface area contributed by atoms with Crippen LogP contribution in [-0.2, 0) is 9.47 Å². The van der Waals surface area contributed by atoms with Crippen LogP contribution in [-0.4, -0.2) is 19.8 Å². The second-order valence-electron chi connectivity index (χ2n) is 6.95. The van der Waals surface area contributed by atoms with Gasteiger partial charge in [0.15, 0.2) is 0 Å². The van der Waals surface area contributed by atoms with E-state index in [0.717, 1.165) is 25.0 Å². The minimum absolute atomic E-state index is 0.216. The molecule has 0 aromatic heterocycles. The van der Waals surface area contributed by atoms with Gasteiger partial charge >= 0.3 is 0 Å². The molecule has 22 heavy (non-hydrogen) atoms. The summed E-state index contributed by atoms with van der Waals surface area (Å²) in [6.45, 7) is 6.89. The minimum atomic E-state index is -0.216. The number of ether oxygens (including phenoxy) is 2. The molecular formula is C20H28O2. The molecule has 0 heterocycles. The van der Waals surface area contributed by atoms with Gasteiger partial charge in [-0.25, -0.2) is 0 Å². The lowest BCUT2D eigenvalue weighted by atomic mass is 9.61. The maximum absolute atomic E-state index is 6.14. The Hall–Kier alpha value is -1.28. The fourth-order valence-electron chi connectivity index (χ4n) is 4.71. The second kappa shape index (κ2) is 5.73. The average molecular weight is 300 g/mol. The fraction of sp³-hybridized carbons (Fsp3) is 0.600. The molecular weight excluding hydrogens is 272 g/mol. The van der Waals surface area contributed by atoms with Crippen molar-refractivity contribution in [3.63, 3.8) is 0 Å². The predicted molar refractivity (Wildman–Crippen MR) is 90.5 cm³/mol. The van der Waals surface area contributed by atoms with E-state index in [4.69, 9.17) is 9.47 Å². The molecule has 3 rings (SSSR count). The third kappa shape index (κ3) is 2.11. The van der Waals surface area contributed by atoms with E-state index in [0.29, 0.717) is 11.8 Å². The average Bonchev–Trinajstić information content (AvgIpc) is 2.54. The van der Waals surface area contributed by atoms with Crippen molar-refractivity contribution in [3.8, 4) is 0 Å². The molecule has 0 bridgehead atoms. The van der Waals surface area contributed by atoms with Crippen LogP contribution in [0.4, 0.5) is 0 Å². The van der Waals surface area contributed by atoms with Gasteiger partial charge in [-0.15, -0.1) is 0 Å². The number of methoxy groups -OCH3 is 2. The molecule has 3 unspecified atom stereocenters. The molecule has 3 aliphatic rings. The highest BCUT2D eigenvalue weighted by Crippen LogP contribution is 2.53. The van der Waals surface area contributed by atoms with E-state index in [2.05, 4.69) is 39.0 Å². The van der Waals surface area contributed by atoms with Gasteiger partial charge < -0.3 is 9.47 Å². The quantitative estimate of drug-likeness (QED) is 0.734. The van der Waals surface area contributed by atoms with Crippen LogP contribution in [0.3, 0.4) is 0 Å². The van der Waals surface area contributed by atoms with Gasteiger partial charge in [0.1, 0.15) is 5.76 Å². The Balaban J connectivity index is 2.26. The van der Waals surface area contributed by atoms with Crippen molar-refractivity contribution in [2.75, 3.05) is 14.2 Å². The highest BCUT2D eigenvalue weighted by Gasteiger charge is 2.49. The van der Waals surface area contributed by atoms with Crippen molar-refractivity contribution < 1.29 is 9.47 Å². The van der Waals surface area contributed by atoms with E-state index in [1.165, 1.54) is 28.7 Å². The van der Waals surface area contributed by atoms with E-state index in [1.54, 1.807) is 7.11 Å². The first-order valence-electron chi connectivity index (χ1n) is 8.50. The standard InChI is InChI=1S/C20H28O2/c1-6-14-11-13(2)18-16(12-14)19(21-4)15-9-7-8-10-17(15)20(18,3)22-5/h7,9,12-13,18H,6,8,10-11H2,1-5H3. The Morgan fingerprint density at radius 3 is 2.73 bits per heavy atom. The molecule has 0 spiro atoms. The lowest BCUT2D eigenvalue weighted by Crippen LogP contribution is -2.47. The third-order valence-corrected chi connectivity index (χ3v) is 5.80. The number of hydrogen-bond donors (Lipinski definition) is 0. The molecule has 0 radical (unpaired) electrons. The van der Waals surface area contributed by atoms with Crippen molar-refractivity contribution in [2.45, 2.75) is 52.1 Å². The predicted octanol–water partition coefficient (Wildman–Crippen LogP) is 4.94. The number of fused-ring (bicyclic) bond motifs is 1. The van der Waals surface area contributed by atoms with Crippen LogP contribution in [0.1, 0.15) is 46.5 Å². The van der Waals surface area contributed by atoms with Crippen LogP contribution >= 0.6 is 0 Å². The lowest BCUT2D eigenvalue weighted by Gasteiger charge is -2.49. The maximum Gasteiger partial charge on any atom is 0.129 e. The molecule has 0 aromatic carbocycles. The van der Waals surface area contributed by atoms with Crippen molar-refractivity contribution in [1.82, 2.24) is 0 Å².